The van der Waals surface area contributed by atoms with Gasteiger partial charge in [0.05, 0.1) is 34.9 Å². The maximum Gasteiger partial charge on any atom is 0.233 e. The Bertz CT molecular complexity index is 969. The molecule has 28 heavy (non-hydrogen) atoms. The van der Waals surface area contributed by atoms with E-state index in [9.17, 15) is 13.2 Å². The molecule has 9 heteroatoms. The van der Waals surface area contributed by atoms with Crippen LogP contribution in [0.15, 0.2) is 29.4 Å². The van der Waals surface area contributed by atoms with Gasteiger partial charge in [-0.2, -0.15) is 0 Å². The van der Waals surface area contributed by atoms with Gasteiger partial charge in [-0.25, -0.2) is 13.4 Å². The quantitative estimate of drug-likeness (QED) is 0.604. The topological polar surface area (TPSA) is 81.5 Å². The molecule has 1 saturated heterocycles. The molecule has 1 unspecified atom stereocenters. The van der Waals surface area contributed by atoms with E-state index in [1.807, 2.05) is 29.2 Å². The lowest BCUT2D eigenvalue weighted by molar-refractivity contribution is -0.130. The zero-order valence-corrected chi connectivity index (χ0v) is 17.5. The number of benzene rings is 1. The second kappa shape index (κ2) is 8.04. The van der Waals surface area contributed by atoms with Crippen molar-refractivity contribution in [3.63, 3.8) is 0 Å². The number of ether oxygens (including phenoxy) is 1. The van der Waals surface area contributed by atoms with Gasteiger partial charge in [0.15, 0.2) is 15.0 Å². The van der Waals surface area contributed by atoms with Gasteiger partial charge < -0.3 is 14.2 Å². The van der Waals surface area contributed by atoms with Gasteiger partial charge in [-0.3, -0.25) is 4.79 Å². The lowest BCUT2D eigenvalue weighted by atomic mass is 10.2. The fraction of sp³-hybridized carbons (Fsp3) is 0.579. The number of methoxy groups -OCH3 is 1. The molecule has 2 aliphatic rings. The van der Waals surface area contributed by atoms with Crippen LogP contribution in [0.3, 0.4) is 0 Å². The second-order valence-corrected chi connectivity index (χ2v) is 10.6. The predicted molar refractivity (Wildman–Crippen MR) is 109 cm³/mol. The van der Waals surface area contributed by atoms with Crippen molar-refractivity contribution in [2.24, 2.45) is 0 Å². The molecule has 2 aromatic rings. The molecule has 1 aromatic carbocycles. The van der Waals surface area contributed by atoms with Crippen molar-refractivity contribution < 1.29 is 17.9 Å². The van der Waals surface area contributed by atoms with Crippen LogP contribution in [-0.4, -0.2) is 71.8 Å². The minimum absolute atomic E-state index is 0.0138. The van der Waals surface area contributed by atoms with E-state index in [1.54, 1.807) is 7.11 Å². The molecule has 0 spiro atoms. The molecule has 1 amide bonds. The Morgan fingerprint density at radius 3 is 2.75 bits per heavy atom. The number of aromatic nitrogens is 2. The lowest BCUT2D eigenvalue weighted by Crippen LogP contribution is -2.43. The van der Waals surface area contributed by atoms with E-state index in [-0.39, 0.29) is 35.2 Å². The molecule has 152 valence electrons. The van der Waals surface area contributed by atoms with Crippen LogP contribution in [0.2, 0.25) is 0 Å². The summed E-state index contributed by atoms with van der Waals surface area (Å²) in [5.41, 5.74) is 1.92. The van der Waals surface area contributed by atoms with Crippen LogP contribution >= 0.6 is 11.8 Å². The number of hydrogen-bond acceptors (Lipinski definition) is 6. The normalized spacial score (nSPS) is 21.2. The van der Waals surface area contributed by atoms with Gasteiger partial charge in [0.1, 0.15) is 0 Å². The fourth-order valence-corrected chi connectivity index (χ4v) is 6.44. The SMILES string of the molecule is COCCn1c(SCC(=O)N(C2CC2)C2CCS(=O)(=O)C2)nc2ccccc21. The standard InChI is InChI=1S/C19H25N3O4S2/c1-26-10-9-21-17-5-3-2-4-16(17)20-19(21)27-12-18(23)22(14-6-7-14)15-8-11-28(24,25)13-15/h2-5,14-15H,6-13H2,1H3. The number of fused-ring (bicyclic) bond motifs is 1. The Balaban J connectivity index is 1.49. The number of rotatable bonds is 8. The highest BCUT2D eigenvalue weighted by Crippen LogP contribution is 2.33. The number of hydrogen-bond donors (Lipinski definition) is 0. The molecule has 1 saturated carbocycles. The van der Waals surface area contributed by atoms with Crippen molar-refractivity contribution in [3.05, 3.63) is 24.3 Å². The number of carbonyl (C=O) groups excluding carboxylic acids is 1. The van der Waals surface area contributed by atoms with Crippen LogP contribution < -0.4 is 0 Å². The van der Waals surface area contributed by atoms with Crippen LogP contribution in [0.5, 0.6) is 0 Å². The van der Waals surface area contributed by atoms with Crippen LogP contribution in [0.25, 0.3) is 11.0 Å². The van der Waals surface area contributed by atoms with Gasteiger partial charge >= 0.3 is 0 Å². The molecular formula is C19H25N3O4S2. The summed E-state index contributed by atoms with van der Waals surface area (Å²) in [6, 6.07) is 7.94. The average Bonchev–Trinajstić information content (AvgIpc) is 3.34. The Kier molecular flexibility index (Phi) is 5.66. The molecule has 1 aliphatic carbocycles. The molecule has 1 atom stereocenters. The Morgan fingerprint density at radius 2 is 2.07 bits per heavy atom. The first kappa shape index (κ1) is 19.7. The third-order valence-corrected chi connectivity index (χ3v) is 8.00. The van der Waals surface area contributed by atoms with E-state index in [4.69, 9.17) is 4.74 Å². The molecule has 7 nitrogen and oxygen atoms in total. The highest BCUT2D eigenvalue weighted by Gasteiger charge is 2.42. The molecular weight excluding hydrogens is 398 g/mol. The third-order valence-electron chi connectivity index (χ3n) is 5.29. The van der Waals surface area contributed by atoms with Crippen molar-refractivity contribution in [1.82, 2.24) is 14.5 Å². The number of para-hydroxylation sites is 2. The summed E-state index contributed by atoms with van der Waals surface area (Å²) in [5.74, 6) is 0.573. The summed E-state index contributed by atoms with van der Waals surface area (Å²) < 4.78 is 31.0. The van der Waals surface area contributed by atoms with Gasteiger partial charge in [0, 0.05) is 25.7 Å². The minimum Gasteiger partial charge on any atom is -0.383 e. The zero-order chi connectivity index (χ0) is 19.7. The van der Waals surface area contributed by atoms with Gasteiger partial charge in [-0.15, -0.1) is 0 Å². The summed E-state index contributed by atoms with van der Waals surface area (Å²) in [6.45, 7) is 1.23. The highest BCUT2D eigenvalue weighted by molar-refractivity contribution is 7.99. The van der Waals surface area contributed by atoms with Crippen LogP contribution in [-0.2, 0) is 25.9 Å². The first-order valence-electron chi connectivity index (χ1n) is 9.57. The van der Waals surface area contributed by atoms with Gasteiger partial charge in [0.2, 0.25) is 5.91 Å². The maximum absolute atomic E-state index is 13.0. The Hall–Kier alpha value is -1.58. The molecule has 0 radical (unpaired) electrons. The van der Waals surface area contributed by atoms with E-state index in [0.29, 0.717) is 19.6 Å². The summed E-state index contributed by atoms with van der Waals surface area (Å²) in [5, 5.41) is 0.793. The van der Waals surface area contributed by atoms with Crippen molar-refractivity contribution in [3.8, 4) is 0 Å². The predicted octanol–water partition coefficient (Wildman–Crippen LogP) is 1.95. The largest absolute Gasteiger partial charge is 0.383 e. The first-order chi connectivity index (χ1) is 13.5. The fourth-order valence-electron chi connectivity index (χ4n) is 3.82. The summed E-state index contributed by atoms with van der Waals surface area (Å²) in [6.07, 6.45) is 2.50. The summed E-state index contributed by atoms with van der Waals surface area (Å²) >= 11 is 1.42. The number of carbonyl (C=O) groups is 1. The molecule has 0 N–H and O–H groups in total. The Labute approximate surface area is 169 Å². The average molecular weight is 424 g/mol. The summed E-state index contributed by atoms with van der Waals surface area (Å²) in [4.78, 5) is 19.5. The molecule has 1 aromatic heterocycles. The van der Waals surface area contributed by atoms with E-state index in [1.165, 1.54) is 11.8 Å². The first-order valence-corrected chi connectivity index (χ1v) is 12.4. The molecule has 2 fully saturated rings. The maximum atomic E-state index is 13.0. The highest BCUT2D eigenvalue weighted by atomic mass is 32.2. The van der Waals surface area contributed by atoms with E-state index in [0.717, 1.165) is 29.0 Å². The van der Waals surface area contributed by atoms with Crippen molar-refractivity contribution in [2.45, 2.75) is 43.0 Å². The van der Waals surface area contributed by atoms with Gasteiger partial charge in [-0.1, -0.05) is 23.9 Å². The molecule has 2 heterocycles. The van der Waals surface area contributed by atoms with E-state index < -0.39 is 9.84 Å². The lowest BCUT2D eigenvalue weighted by Gasteiger charge is -2.28. The summed E-state index contributed by atoms with van der Waals surface area (Å²) in [7, 11) is -1.35. The number of sulfone groups is 1. The van der Waals surface area contributed by atoms with Gasteiger partial charge in [0.25, 0.3) is 0 Å². The van der Waals surface area contributed by atoms with Crippen molar-refractivity contribution >= 4 is 38.5 Å². The zero-order valence-electron chi connectivity index (χ0n) is 15.9. The van der Waals surface area contributed by atoms with Crippen LogP contribution in [0.1, 0.15) is 19.3 Å². The monoisotopic (exact) mass is 423 g/mol. The molecule has 1 aliphatic heterocycles. The second-order valence-electron chi connectivity index (χ2n) is 7.41. The van der Waals surface area contributed by atoms with Crippen LogP contribution in [0, 0.1) is 0 Å². The Morgan fingerprint density at radius 1 is 1.29 bits per heavy atom. The van der Waals surface area contributed by atoms with Gasteiger partial charge in [-0.05, 0) is 31.4 Å². The van der Waals surface area contributed by atoms with Crippen LogP contribution in [0.4, 0.5) is 0 Å². The van der Waals surface area contributed by atoms with Crippen molar-refractivity contribution in [1.29, 1.82) is 0 Å². The minimum atomic E-state index is -3.01. The number of imidazole rings is 1. The van der Waals surface area contributed by atoms with Crippen molar-refractivity contribution in [2.75, 3.05) is 31.0 Å². The molecule has 0 bridgehead atoms. The third kappa shape index (κ3) is 4.21. The molecule has 4 rings (SSSR count). The number of nitrogens with zero attached hydrogens (tertiary/aromatic N) is 3. The number of thioether (sulfide) groups is 1. The smallest absolute Gasteiger partial charge is 0.233 e. The van der Waals surface area contributed by atoms with E-state index >= 15 is 0 Å². The van der Waals surface area contributed by atoms with E-state index in [2.05, 4.69) is 9.55 Å². The number of amides is 1.